The van der Waals surface area contributed by atoms with Crippen LogP contribution in [0, 0.1) is 23.2 Å². The van der Waals surface area contributed by atoms with Gasteiger partial charge in [-0.2, -0.15) is 5.26 Å². The molecule has 0 aliphatic carbocycles. The summed E-state index contributed by atoms with van der Waals surface area (Å²) in [6.45, 7) is 0. The van der Waals surface area contributed by atoms with E-state index in [9.17, 15) is 4.79 Å². The van der Waals surface area contributed by atoms with E-state index in [0.717, 1.165) is 0 Å². The average Bonchev–Trinajstić information content (AvgIpc) is 2.25. The Morgan fingerprint density at radius 2 is 2.27 bits per heavy atom. The number of carboxylic acids is 1. The minimum Gasteiger partial charge on any atom is -0.497 e. The average molecular weight is 201 g/mol. The number of benzene rings is 1. The highest BCUT2D eigenvalue weighted by molar-refractivity contribution is 5.91. The molecule has 0 radical (unpaired) electrons. The Bertz CT molecular complexity index is 489. The van der Waals surface area contributed by atoms with Gasteiger partial charge in [-0.25, -0.2) is 4.79 Å². The first kappa shape index (κ1) is 10.6. The van der Waals surface area contributed by atoms with Crippen LogP contribution < -0.4 is 4.74 Å². The second kappa shape index (κ2) is 4.69. The number of carboxylic acid groups (broad SMARTS) is 1. The maximum Gasteiger partial charge on any atom is 0.336 e. The highest BCUT2D eigenvalue weighted by Crippen LogP contribution is 2.16. The molecule has 4 nitrogen and oxygen atoms in total. The largest absolute Gasteiger partial charge is 0.497 e. The molecule has 1 aromatic rings. The minimum atomic E-state index is -1.08. The second-order valence-electron chi connectivity index (χ2n) is 2.58. The Morgan fingerprint density at radius 1 is 1.53 bits per heavy atom. The van der Waals surface area contributed by atoms with Crippen LogP contribution in [0.25, 0.3) is 0 Å². The molecular formula is C11H7NO3. The standard InChI is InChI=1S/C11H7NO3/c1-15-9-4-5-10(11(13)14)8(7-9)3-2-6-12/h4-5,7H,1H3,(H,13,14). The quantitative estimate of drug-likeness (QED) is 0.731. The van der Waals surface area contributed by atoms with Crippen molar-refractivity contribution in [2.24, 2.45) is 0 Å². The van der Waals surface area contributed by atoms with E-state index < -0.39 is 5.97 Å². The molecule has 0 saturated carbocycles. The zero-order valence-electron chi connectivity index (χ0n) is 7.94. The van der Waals surface area contributed by atoms with Gasteiger partial charge in [-0.1, -0.05) is 0 Å². The van der Waals surface area contributed by atoms with Gasteiger partial charge in [-0.3, -0.25) is 0 Å². The van der Waals surface area contributed by atoms with Crippen LogP contribution in [-0.4, -0.2) is 18.2 Å². The van der Waals surface area contributed by atoms with Gasteiger partial charge in [-0.15, -0.1) is 0 Å². The molecule has 1 N–H and O–H groups in total. The lowest BCUT2D eigenvalue weighted by Gasteiger charge is -2.02. The summed E-state index contributed by atoms with van der Waals surface area (Å²) in [5, 5.41) is 17.1. The first-order valence-corrected chi connectivity index (χ1v) is 4.00. The van der Waals surface area contributed by atoms with Crippen molar-refractivity contribution in [3.8, 4) is 23.7 Å². The molecule has 0 saturated heterocycles. The number of hydrogen-bond acceptors (Lipinski definition) is 3. The molecule has 0 fully saturated rings. The normalized spacial score (nSPS) is 8.27. The second-order valence-corrected chi connectivity index (χ2v) is 2.58. The zero-order valence-corrected chi connectivity index (χ0v) is 7.94. The summed E-state index contributed by atoms with van der Waals surface area (Å²) in [5.41, 5.74) is 0.321. The van der Waals surface area contributed by atoms with Crippen LogP contribution >= 0.6 is 0 Å². The monoisotopic (exact) mass is 201 g/mol. The topological polar surface area (TPSA) is 70.3 Å². The minimum absolute atomic E-state index is 0.0542. The van der Waals surface area contributed by atoms with E-state index in [1.54, 1.807) is 6.07 Å². The maximum atomic E-state index is 10.8. The molecule has 0 aliphatic heterocycles. The van der Waals surface area contributed by atoms with E-state index in [-0.39, 0.29) is 11.1 Å². The third kappa shape index (κ3) is 2.49. The summed E-state index contributed by atoms with van der Waals surface area (Å²) < 4.78 is 4.93. The molecule has 4 heteroatoms. The Labute approximate surface area is 86.7 Å². The molecule has 0 atom stereocenters. The van der Waals surface area contributed by atoms with Gasteiger partial charge in [0.2, 0.25) is 0 Å². The van der Waals surface area contributed by atoms with Crippen LogP contribution in [0.15, 0.2) is 18.2 Å². The van der Waals surface area contributed by atoms with E-state index in [1.165, 1.54) is 25.3 Å². The number of rotatable bonds is 2. The van der Waals surface area contributed by atoms with Crippen molar-refractivity contribution < 1.29 is 14.6 Å². The number of nitriles is 1. The third-order valence-electron chi connectivity index (χ3n) is 1.71. The lowest BCUT2D eigenvalue weighted by molar-refractivity contribution is 0.0696. The van der Waals surface area contributed by atoms with E-state index >= 15 is 0 Å². The number of hydrogen-bond donors (Lipinski definition) is 1. The van der Waals surface area contributed by atoms with Crippen LogP contribution in [0.3, 0.4) is 0 Å². The zero-order chi connectivity index (χ0) is 11.3. The maximum absolute atomic E-state index is 10.8. The Balaban J connectivity index is 3.30. The van der Waals surface area contributed by atoms with Crippen LogP contribution in [0.1, 0.15) is 15.9 Å². The van der Waals surface area contributed by atoms with Gasteiger partial charge in [0.15, 0.2) is 6.07 Å². The molecule has 0 amide bonds. The molecule has 1 aromatic carbocycles. The molecule has 74 valence electrons. The van der Waals surface area contributed by atoms with Crippen molar-refractivity contribution in [3.05, 3.63) is 29.3 Å². The highest BCUT2D eigenvalue weighted by Gasteiger charge is 2.08. The van der Waals surface area contributed by atoms with Gasteiger partial charge < -0.3 is 9.84 Å². The van der Waals surface area contributed by atoms with Gasteiger partial charge in [0.1, 0.15) is 5.75 Å². The molecule has 0 heterocycles. The van der Waals surface area contributed by atoms with E-state index in [2.05, 4.69) is 11.8 Å². The van der Waals surface area contributed by atoms with Gasteiger partial charge in [0.05, 0.1) is 12.7 Å². The number of aromatic carboxylic acids is 1. The first-order chi connectivity index (χ1) is 7.19. The number of ether oxygens (including phenoxy) is 1. The highest BCUT2D eigenvalue weighted by atomic mass is 16.5. The van der Waals surface area contributed by atoms with Gasteiger partial charge in [0, 0.05) is 11.5 Å². The van der Waals surface area contributed by atoms with Crippen molar-refractivity contribution in [1.82, 2.24) is 0 Å². The Kier molecular flexibility index (Phi) is 3.32. The molecule has 0 spiro atoms. The Morgan fingerprint density at radius 3 is 2.80 bits per heavy atom. The molecule has 0 aromatic heterocycles. The Hall–Kier alpha value is -2.46. The van der Waals surface area contributed by atoms with Crippen molar-refractivity contribution >= 4 is 5.97 Å². The molecule has 0 aliphatic rings. The summed E-state index contributed by atoms with van der Waals surface area (Å²) >= 11 is 0. The molecule has 15 heavy (non-hydrogen) atoms. The van der Waals surface area contributed by atoms with Crippen molar-refractivity contribution in [2.45, 2.75) is 0 Å². The number of carbonyl (C=O) groups is 1. The molecule has 1 rings (SSSR count). The number of methoxy groups -OCH3 is 1. The summed E-state index contributed by atoms with van der Waals surface area (Å²) in [7, 11) is 1.47. The predicted octanol–water partition coefficient (Wildman–Crippen LogP) is 1.27. The summed E-state index contributed by atoms with van der Waals surface area (Å²) in [5.74, 6) is 4.01. The van der Waals surface area contributed by atoms with Gasteiger partial charge in [0.25, 0.3) is 0 Å². The fraction of sp³-hybridized carbons (Fsp3) is 0.0909. The van der Waals surface area contributed by atoms with Gasteiger partial charge >= 0.3 is 5.97 Å². The summed E-state index contributed by atoms with van der Waals surface area (Å²) in [4.78, 5) is 10.8. The van der Waals surface area contributed by atoms with Crippen molar-refractivity contribution in [3.63, 3.8) is 0 Å². The fourth-order valence-corrected chi connectivity index (χ4v) is 1.04. The van der Waals surface area contributed by atoms with Crippen LogP contribution in [0.2, 0.25) is 0 Å². The van der Waals surface area contributed by atoms with Crippen LogP contribution in [0.5, 0.6) is 5.75 Å². The van der Waals surface area contributed by atoms with Crippen LogP contribution in [0.4, 0.5) is 0 Å². The molecule has 0 bridgehead atoms. The predicted molar refractivity (Wildman–Crippen MR) is 52.4 cm³/mol. The SMILES string of the molecule is COc1ccc(C(=O)O)c(C#CC#N)c1. The van der Waals surface area contributed by atoms with Crippen molar-refractivity contribution in [1.29, 1.82) is 5.26 Å². The summed E-state index contributed by atoms with van der Waals surface area (Å²) in [6.07, 6.45) is 0. The van der Waals surface area contributed by atoms with Crippen LogP contribution in [-0.2, 0) is 0 Å². The summed E-state index contributed by atoms with van der Waals surface area (Å²) in [6, 6.07) is 6.03. The van der Waals surface area contributed by atoms with Gasteiger partial charge in [-0.05, 0) is 24.1 Å². The fourth-order valence-electron chi connectivity index (χ4n) is 1.04. The third-order valence-corrected chi connectivity index (χ3v) is 1.71. The smallest absolute Gasteiger partial charge is 0.336 e. The van der Waals surface area contributed by atoms with Crippen molar-refractivity contribution in [2.75, 3.05) is 7.11 Å². The molecular weight excluding hydrogens is 194 g/mol. The lowest BCUT2D eigenvalue weighted by atomic mass is 10.1. The van der Waals surface area contributed by atoms with E-state index in [1.807, 2.05) is 0 Å². The van der Waals surface area contributed by atoms with E-state index in [0.29, 0.717) is 5.75 Å². The first-order valence-electron chi connectivity index (χ1n) is 4.00. The number of nitrogens with zero attached hydrogens (tertiary/aromatic N) is 1. The van der Waals surface area contributed by atoms with E-state index in [4.69, 9.17) is 15.1 Å². The molecule has 0 unspecified atom stereocenters. The lowest BCUT2D eigenvalue weighted by Crippen LogP contribution is -2.00.